The molecular formula is C32H43N3O3. The van der Waals surface area contributed by atoms with E-state index in [4.69, 9.17) is 14.2 Å². The van der Waals surface area contributed by atoms with Crippen molar-refractivity contribution < 1.29 is 14.2 Å². The Kier molecular flexibility index (Phi) is 8.57. The number of piperazine rings is 1. The van der Waals surface area contributed by atoms with E-state index in [2.05, 4.69) is 75.6 Å². The van der Waals surface area contributed by atoms with E-state index in [9.17, 15) is 5.26 Å². The van der Waals surface area contributed by atoms with Crippen molar-refractivity contribution in [3.8, 4) is 11.8 Å². The van der Waals surface area contributed by atoms with Crippen LogP contribution in [0.2, 0.25) is 0 Å². The molecule has 38 heavy (non-hydrogen) atoms. The Hall–Kier alpha value is -3.17. The van der Waals surface area contributed by atoms with E-state index in [1.807, 2.05) is 12.1 Å². The third-order valence-electron chi connectivity index (χ3n) is 7.29. The number of hydrogen-bond donors (Lipinski definition) is 0. The molecule has 1 aromatic rings. The second kappa shape index (κ2) is 11.7. The molecule has 2 aliphatic heterocycles. The third kappa shape index (κ3) is 6.82. The molecular weight excluding hydrogens is 474 g/mol. The van der Waals surface area contributed by atoms with Gasteiger partial charge >= 0.3 is 0 Å². The SMILES string of the molecule is CC(C)(C)c1cc(C#N)cc(C(C)(C)C)c1OCCCN1CCN(C2=COC(C3=CC=CCC3)=CO2)CC1. The van der Waals surface area contributed by atoms with Crippen molar-refractivity contribution in [1.29, 1.82) is 5.26 Å². The molecule has 6 heteroatoms. The Bertz CT molecular complexity index is 1130. The van der Waals surface area contributed by atoms with Crippen molar-refractivity contribution in [2.45, 2.75) is 71.6 Å². The van der Waals surface area contributed by atoms with Gasteiger partial charge < -0.3 is 19.1 Å². The molecule has 1 aliphatic carbocycles. The number of ether oxygens (including phenoxy) is 3. The van der Waals surface area contributed by atoms with E-state index in [0.29, 0.717) is 12.2 Å². The fourth-order valence-electron chi connectivity index (χ4n) is 5.01. The second-order valence-corrected chi connectivity index (χ2v) is 12.4. The van der Waals surface area contributed by atoms with Gasteiger partial charge in [0.15, 0.2) is 12.0 Å². The first kappa shape index (κ1) is 27.9. The van der Waals surface area contributed by atoms with E-state index < -0.39 is 0 Å². The van der Waals surface area contributed by atoms with E-state index in [1.54, 1.807) is 12.5 Å². The lowest BCUT2D eigenvalue weighted by atomic mass is 9.78. The highest BCUT2D eigenvalue weighted by Crippen LogP contribution is 2.40. The summed E-state index contributed by atoms with van der Waals surface area (Å²) in [5, 5.41) is 9.61. The molecule has 0 amide bonds. The predicted octanol–water partition coefficient (Wildman–Crippen LogP) is 6.50. The van der Waals surface area contributed by atoms with Gasteiger partial charge in [0, 0.05) is 43.9 Å². The minimum absolute atomic E-state index is 0.113. The zero-order chi connectivity index (χ0) is 27.3. The fourth-order valence-corrected chi connectivity index (χ4v) is 5.01. The zero-order valence-corrected chi connectivity index (χ0v) is 24.0. The van der Waals surface area contributed by atoms with Crippen molar-refractivity contribution >= 4 is 0 Å². The normalized spacial score (nSPS) is 18.6. The van der Waals surface area contributed by atoms with Crippen LogP contribution in [0, 0.1) is 11.3 Å². The largest absolute Gasteiger partial charge is 0.493 e. The Morgan fingerprint density at radius 1 is 0.947 bits per heavy atom. The van der Waals surface area contributed by atoms with Gasteiger partial charge in [-0.05, 0) is 47.8 Å². The van der Waals surface area contributed by atoms with Crippen molar-refractivity contribution in [2.24, 2.45) is 0 Å². The number of rotatable bonds is 7. The van der Waals surface area contributed by atoms with E-state index in [1.165, 1.54) is 5.57 Å². The highest BCUT2D eigenvalue weighted by Gasteiger charge is 2.28. The fraction of sp³-hybridized carbons (Fsp3) is 0.531. The van der Waals surface area contributed by atoms with Gasteiger partial charge in [0.2, 0.25) is 5.88 Å². The Morgan fingerprint density at radius 2 is 1.63 bits per heavy atom. The lowest BCUT2D eigenvalue weighted by Crippen LogP contribution is -2.46. The lowest BCUT2D eigenvalue weighted by molar-refractivity contribution is 0.0822. The smallest absolute Gasteiger partial charge is 0.231 e. The first-order valence-corrected chi connectivity index (χ1v) is 13.8. The summed E-state index contributed by atoms with van der Waals surface area (Å²) in [5.41, 5.74) is 3.86. The standard InChI is InChI=1S/C32H43N3O3/c1-31(2,3)26-19-24(21-33)20-27(32(4,5)6)30(26)36-18-10-13-34-14-16-35(17-15-34)29-23-37-28(22-38-29)25-11-8-7-9-12-25/h7-8,11,19-20,22-23H,9-10,12-18H2,1-6H3. The Balaban J connectivity index is 1.27. The number of allylic oxidation sites excluding steroid dienone is 4. The first-order chi connectivity index (χ1) is 18.1. The van der Waals surface area contributed by atoms with Crippen LogP contribution in [0.15, 0.2) is 60.1 Å². The number of hydrogen-bond acceptors (Lipinski definition) is 6. The predicted molar refractivity (Wildman–Crippen MR) is 151 cm³/mol. The summed E-state index contributed by atoms with van der Waals surface area (Å²) < 4.78 is 18.3. The molecule has 3 aliphatic rings. The molecule has 0 bridgehead atoms. The minimum atomic E-state index is -0.113. The van der Waals surface area contributed by atoms with Crippen LogP contribution in [0.3, 0.4) is 0 Å². The summed E-state index contributed by atoms with van der Waals surface area (Å²) >= 11 is 0. The number of nitriles is 1. The van der Waals surface area contributed by atoms with Crippen molar-refractivity contribution in [3.63, 3.8) is 0 Å². The Labute approximate surface area is 228 Å². The molecule has 0 aromatic heterocycles. The molecule has 1 saturated heterocycles. The van der Waals surface area contributed by atoms with E-state index in [-0.39, 0.29) is 10.8 Å². The maximum absolute atomic E-state index is 9.61. The molecule has 204 valence electrons. The summed E-state index contributed by atoms with van der Waals surface area (Å²) in [5.74, 6) is 2.54. The quantitative estimate of drug-likeness (QED) is 0.385. The van der Waals surface area contributed by atoms with Crippen molar-refractivity contribution in [1.82, 2.24) is 9.80 Å². The van der Waals surface area contributed by atoms with Crippen LogP contribution in [-0.4, -0.2) is 49.1 Å². The van der Waals surface area contributed by atoms with Crippen LogP contribution in [0.5, 0.6) is 5.75 Å². The molecule has 0 N–H and O–H groups in total. The average Bonchev–Trinajstić information content (AvgIpc) is 2.90. The van der Waals surface area contributed by atoms with Crippen LogP contribution >= 0.6 is 0 Å². The van der Waals surface area contributed by atoms with Crippen LogP contribution < -0.4 is 4.74 Å². The third-order valence-corrected chi connectivity index (χ3v) is 7.29. The monoisotopic (exact) mass is 517 g/mol. The van der Waals surface area contributed by atoms with Crippen LogP contribution in [-0.2, 0) is 20.3 Å². The van der Waals surface area contributed by atoms with Gasteiger partial charge in [-0.1, -0.05) is 59.8 Å². The van der Waals surface area contributed by atoms with Crippen LogP contribution in [0.1, 0.15) is 77.5 Å². The maximum Gasteiger partial charge on any atom is 0.231 e. The summed E-state index contributed by atoms with van der Waals surface area (Å²) in [7, 11) is 0. The molecule has 0 radical (unpaired) electrons. The average molecular weight is 518 g/mol. The molecule has 0 unspecified atom stereocenters. The van der Waals surface area contributed by atoms with Gasteiger partial charge in [0.05, 0.1) is 18.2 Å². The summed E-state index contributed by atoms with van der Waals surface area (Å²) in [4.78, 5) is 4.73. The molecule has 2 heterocycles. The highest BCUT2D eigenvalue weighted by molar-refractivity contribution is 5.53. The highest BCUT2D eigenvalue weighted by atomic mass is 16.6. The van der Waals surface area contributed by atoms with E-state index in [0.717, 1.165) is 80.5 Å². The van der Waals surface area contributed by atoms with Gasteiger partial charge in [0.1, 0.15) is 12.0 Å². The summed E-state index contributed by atoms with van der Waals surface area (Å²) in [6, 6.07) is 6.33. The van der Waals surface area contributed by atoms with Gasteiger partial charge in [-0.3, -0.25) is 4.90 Å². The first-order valence-electron chi connectivity index (χ1n) is 13.8. The molecule has 4 rings (SSSR count). The maximum atomic E-state index is 9.61. The molecule has 6 nitrogen and oxygen atoms in total. The van der Waals surface area contributed by atoms with Crippen LogP contribution in [0.4, 0.5) is 0 Å². The van der Waals surface area contributed by atoms with Gasteiger partial charge in [0.25, 0.3) is 0 Å². The molecule has 1 fully saturated rings. The molecule has 0 saturated carbocycles. The molecule has 0 atom stereocenters. The van der Waals surface area contributed by atoms with Crippen molar-refractivity contribution in [2.75, 3.05) is 39.3 Å². The van der Waals surface area contributed by atoms with Gasteiger partial charge in [-0.2, -0.15) is 5.26 Å². The van der Waals surface area contributed by atoms with Gasteiger partial charge in [-0.15, -0.1) is 0 Å². The zero-order valence-electron chi connectivity index (χ0n) is 24.0. The second-order valence-electron chi connectivity index (χ2n) is 12.4. The topological polar surface area (TPSA) is 58.0 Å². The Morgan fingerprint density at radius 3 is 2.16 bits per heavy atom. The lowest BCUT2D eigenvalue weighted by Gasteiger charge is -2.36. The van der Waals surface area contributed by atoms with Crippen molar-refractivity contribution in [3.05, 3.63) is 76.8 Å². The molecule has 0 spiro atoms. The van der Waals surface area contributed by atoms with E-state index >= 15 is 0 Å². The number of nitrogens with zero attached hydrogens (tertiary/aromatic N) is 3. The number of benzene rings is 1. The summed E-state index contributed by atoms with van der Waals surface area (Å²) in [6.07, 6.45) is 12.8. The van der Waals surface area contributed by atoms with Crippen LogP contribution in [0.25, 0.3) is 0 Å². The molecule has 1 aromatic carbocycles. The summed E-state index contributed by atoms with van der Waals surface area (Å²) in [6.45, 7) is 18.5. The van der Waals surface area contributed by atoms with Gasteiger partial charge in [-0.25, -0.2) is 0 Å². The minimum Gasteiger partial charge on any atom is -0.493 e.